The summed E-state index contributed by atoms with van der Waals surface area (Å²) in [7, 11) is 0. The first kappa shape index (κ1) is 17.0. The van der Waals surface area contributed by atoms with Crippen LogP contribution >= 0.6 is 15.9 Å². The molecule has 22 heavy (non-hydrogen) atoms. The van der Waals surface area contributed by atoms with Crippen LogP contribution in [0, 0.1) is 12.8 Å². The highest BCUT2D eigenvalue weighted by molar-refractivity contribution is 9.10. The van der Waals surface area contributed by atoms with Gasteiger partial charge in [0, 0.05) is 36.2 Å². The molecule has 0 spiro atoms. The number of benzene rings is 1. The number of hydrogen-bond donors (Lipinski definition) is 2. The number of aryl methyl sites for hydroxylation is 1. The van der Waals surface area contributed by atoms with Crippen molar-refractivity contribution in [2.45, 2.75) is 19.8 Å². The van der Waals surface area contributed by atoms with Crippen molar-refractivity contribution < 1.29 is 9.59 Å². The van der Waals surface area contributed by atoms with Crippen molar-refractivity contribution in [3.8, 4) is 0 Å². The number of piperidine rings is 1. The van der Waals surface area contributed by atoms with Gasteiger partial charge in [-0.25, -0.2) is 0 Å². The van der Waals surface area contributed by atoms with E-state index in [0.717, 1.165) is 22.9 Å². The molecule has 0 radical (unpaired) electrons. The Kier molecular flexibility index (Phi) is 5.97. The number of nitrogens with one attached hydrogen (secondary N) is 1. The zero-order valence-corrected chi connectivity index (χ0v) is 14.4. The lowest BCUT2D eigenvalue weighted by atomic mass is 9.96. The van der Waals surface area contributed by atoms with Crippen LogP contribution in [0.3, 0.4) is 0 Å². The average Bonchev–Trinajstić information content (AvgIpc) is 2.52. The Hall–Kier alpha value is -1.40. The first-order valence-electron chi connectivity index (χ1n) is 7.56. The topological polar surface area (TPSA) is 75.4 Å². The number of rotatable bonds is 4. The molecule has 0 bridgehead atoms. The third kappa shape index (κ3) is 4.08. The van der Waals surface area contributed by atoms with E-state index < -0.39 is 0 Å². The van der Waals surface area contributed by atoms with Crippen molar-refractivity contribution in [2.75, 3.05) is 26.2 Å². The predicted octanol–water partition coefficient (Wildman–Crippen LogP) is 1.68. The number of amides is 2. The van der Waals surface area contributed by atoms with Crippen LogP contribution in [-0.4, -0.2) is 42.9 Å². The summed E-state index contributed by atoms with van der Waals surface area (Å²) in [5, 5.41) is 2.81. The van der Waals surface area contributed by atoms with Crippen molar-refractivity contribution in [1.29, 1.82) is 0 Å². The minimum Gasteiger partial charge on any atom is -0.355 e. The number of carbonyl (C=O) groups is 2. The van der Waals surface area contributed by atoms with Crippen molar-refractivity contribution >= 4 is 27.7 Å². The summed E-state index contributed by atoms with van der Waals surface area (Å²) in [6, 6.07) is 5.64. The number of carbonyl (C=O) groups excluding carboxylic acids is 2. The van der Waals surface area contributed by atoms with Crippen LogP contribution in [0.25, 0.3) is 0 Å². The number of nitrogens with two attached hydrogens (primary N) is 1. The lowest BCUT2D eigenvalue weighted by molar-refractivity contribution is -0.126. The molecular formula is C16H22BrN3O2. The van der Waals surface area contributed by atoms with E-state index in [1.54, 1.807) is 4.90 Å². The Labute approximate surface area is 139 Å². The Balaban J connectivity index is 2.05. The monoisotopic (exact) mass is 367 g/mol. The van der Waals surface area contributed by atoms with Crippen molar-refractivity contribution in [2.24, 2.45) is 11.7 Å². The molecule has 120 valence electrons. The highest BCUT2D eigenvalue weighted by atomic mass is 79.9. The maximum absolute atomic E-state index is 12.7. The second-order valence-electron chi connectivity index (χ2n) is 5.63. The second kappa shape index (κ2) is 7.74. The van der Waals surface area contributed by atoms with Crippen LogP contribution in [-0.2, 0) is 4.79 Å². The molecule has 1 aromatic carbocycles. The van der Waals surface area contributed by atoms with Crippen LogP contribution < -0.4 is 11.1 Å². The molecule has 1 heterocycles. The summed E-state index contributed by atoms with van der Waals surface area (Å²) >= 11 is 3.41. The molecule has 1 atom stereocenters. The van der Waals surface area contributed by atoms with E-state index in [1.165, 1.54) is 0 Å². The molecule has 0 saturated carbocycles. The minimum absolute atomic E-state index is 0.00123. The molecule has 2 amide bonds. The van der Waals surface area contributed by atoms with E-state index in [0.29, 0.717) is 31.7 Å². The quantitative estimate of drug-likeness (QED) is 0.849. The zero-order chi connectivity index (χ0) is 16.1. The number of nitrogens with zero attached hydrogens (tertiary/aromatic N) is 1. The molecule has 1 aromatic rings. The van der Waals surface area contributed by atoms with Gasteiger partial charge in [-0.15, -0.1) is 0 Å². The Morgan fingerprint density at radius 1 is 1.45 bits per heavy atom. The highest BCUT2D eigenvalue weighted by Gasteiger charge is 2.29. The van der Waals surface area contributed by atoms with E-state index in [9.17, 15) is 9.59 Å². The molecule has 1 unspecified atom stereocenters. The van der Waals surface area contributed by atoms with Gasteiger partial charge in [-0.1, -0.05) is 15.9 Å². The van der Waals surface area contributed by atoms with Gasteiger partial charge < -0.3 is 16.0 Å². The van der Waals surface area contributed by atoms with E-state index in [4.69, 9.17) is 5.73 Å². The van der Waals surface area contributed by atoms with E-state index >= 15 is 0 Å². The van der Waals surface area contributed by atoms with Crippen LogP contribution in [0.15, 0.2) is 22.7 Å². The molecule has 0 aliphatic carbocycles. The van der Waals surface area contributed by atoms with E-state index in [-0.39, 0.29) is 17.7 Å². The normalized spacial score (nSPS) is 18.1. The molecule has 1 fully saturated rings. The average molecular weight is 368 g/mol. The van der Waals surface area contributed by atoms with Gasteiger partial charge in [-0.3, -0.25) is 9.59 Å². The summed E-state index contributed by atoms with van der Waals surface area (Å²) in [5.41, 5.74) is 7.04. The first-order valence-corrected chi connectivity index (χ1v) is 8.35. The molecule has 5 nitrogen and oxygen atoms in total. The van der Waals surface area contributed by atoms with Crippen LogP contribution in [0.5, 0.6) is 0 Å². The van der Waals surface area contributed by atoms with Crippen LogP contribution in [0.1, 0.15) is 28.8 Å². The summed E-state index contributed by atoms with van der Waals surface area (Å²) in [5.74, 6) is -0.142. The fraction of sp³-hybridized carbons (Fsp3) is 0.500. The van der Waals surface area contributed by atoms with Crippen molar-refractivity contribution in [3.63, 3.8) is 0 Å². The molecular weight excluding hydrogens is 346 g/mol. The highest BCUT2D eigenvalue weighted by Crippen LogP contribution is 2.22. The SMILES string of the molecule is Cc1cc(Br)ccc1C(=O)N1CCCC(C(=O)NCCN)C1. The first-order chi connectivity index (χ1) is 10.5. The molecule has 1 aliphatic rings. The third-order valence-corrected chi connectivity index (χ3v) is 4.44. The third-order valence-electron chi connectivity index (χ3n) is 3.94. The van der Waals surface area contributed by atoms with Gasteiger partial charge in [0.25, 0.3) is 5.91 Å². The number of hydrogen-bond acceptors (Lipinski definition) is 3. The number of halogens is 1. The second-order valence-corrected chi connectivity index (χ2v) is 6.54. The maximum atomic E-state index is 12.7. The molecule has 3 N–H and O–H groups in total. The van der Waals surface area contributed by atoms with Gasteiger partial charge >= 0.3 is 0 Å². The Morgan fingerprint density at radius 3 is 2.91 bits per heavy atom. The largest absolute Gasteiger partial charge is 0.355 e. The molecule has 2 rings (SSSR count). The van der Waals surface area contributed by atoms with Gasteiger partial charge in [0.15, 0.2) is 0 Å². The smallest absolute Gasteiger partial charge is 0.254 e. The minimum atomic E-state index is -0.139. The fourth-order valence-electron chi connectivity index (χ4n) is 2.75. The predicted molar refractivity (Wildman–Crippen MR) is 89.6 cm³/mol. The lowest BCUT2D eigenvalue weighted by Crippen LogP contribution is -2.46. The van der Waals surface area contributed by atoms with Crippen molar-refractivity contribution in [1.82, 2.24) is 10.2 Å². The fourth-order valence-corrected chi connectivity index (χ4v) is 3.23. The Morgan fingerprint density at radius 2 is 2.23 bits per heavy atom. The standard InChI is InChI=1S/C16H22BrN3O2/c1-11-9-13(17)4-5-14(11)16(22)20-8-2-3-12(10-20)15(21)19-7-6-18/h4-5,9,12H,2-3,6-8,10,18H2,1H3,(H,19,21). The molecule has 1 saturated heterocycles. The zero-order valence-electron chi connectivity index (χ0n) is 12.8. The van der Waals surface area contributed by atoms with E-state index in [1.807, 2.05) is 25.1 Å². The van der Waals surface area contributed by atoms with Crippen LogP contribution in [0.4, 0.5) is 0 Å². The van der Waals surface area contributed by atoms with Gasteiger partial charge in [0.2, 0.25) is 5.91 Å². The Bertz CT molecular complexity index is 562. The summed E-state index contributed by atoms with van der Waals surface area (Å²) < 4.78 is 0.958. The van der Waals surface area contributed by atoms with Gasteiger partial charge in [-0.2, -0.15) is 0 Å². The number of likely N-dealkylation sites (tertiary alicyclic amines) is 1. The maximum Gasteiger partial charge on any atom is 0.254 e. The van der Waals surface area contributed by atoms with Gasteiger partial charge in [-0.05, 0) is 43.5 Å². The van der Waals surface area contributed by atoms with Gasteiger partial charge in [0.05, 0.1) is 5.92 Å². The molecule has 1 aliphatic heterocycles. The summed E-state index contributed by atoms with van der Waals surface area (Å²) in [6.07, 6.45) is 1.67. The van der Waals surface area contributed by atoms with E-state index in [2.05, 4.69) is 21.2 Å². The summed E-state index contributed by atoms with van der Waals surface area (Å²) in [6.45, 7) is 4.02. The molecule has 0 aromatic heterocycles. The lowest BCUT2D eigenvalue weighted by Gasteiger charge is -2.32. The van der Waals surface area contributed by atoms with Crippen LogP contribution in [0.2, 0.25) is 0 Å². The van der Waals surface area contributed by atoms with Crippen molar-refractivity contribution in [3.05, 3.63) is 33.8 Å². The van der Waals surface area contributed by atoms with Gasteiger partial charge in [0.1, 0.15) is 0 Å². The summed E-state index contributed by atoms with van der Waals surface area (Å²) in [4.78, 5) is 26.5. The molecule has 6 heteroatoms.